The Kier molecular flexibility index (Phi) is 8.68. The van der Waals surface area contributed by atoms with Crippen LogP contribution < -0.4 is 10.9 Å². The van der Waals surface area contributed by atoms with E-state index in [1.54, 1.807) is 54.6 Å². The molecule has 0 bridgehead atoms. The number of nitrogens with one attached hydrogen (secondary N) is 2. The Bertz CT molecular complexity index is 2580. The lowest BCUT2D eigenvalue weighted by molar-refractivity contribution is -0.109. The third-order valence-corrected chi connectivity index (χ3v) is 10.1. The van der Waals surface area contributed by atoms with Crippen LogP contribution in [-0.2, 0) is 39.9 Å². The standard InChI is InChI=1S/C32H22N4O11S3/c37-25-14-8-20-2-1-3-27(49(42,43)44)29(20)31(25)35-33-22-10-4-18(5-11-22)19-6-12-23(13-7-19)34-36-32-26(38)15-9-21-16-24(48(39,40)41)17-28(30(21)32)50(45,46)47/h1-17,33-34H,(H,39,40,41)(H,42,43,44)(H,45,46,47)/b35-31+,36-32+. The molecule has 254 valence electrons. The van der Waals surface area contributed by atoms with E-state index in [0.29, 0.717) is 23.0 Å². The third kappa shape index (κ3) is 6.92. The molecule has 0 atom stereocenters. The van der Waals surface area contributed by atoms with E-state index in [2.05, 4.69) is 21.1 Å². The number of benzene rings is 4. The van der Waals surface area contributed by atoms with Crippen LogP contribution in [0.15, 0.2) is 116 Å². The first-order valence-corrected chi connectivity index (χ1v) is 18.4. The Hall–Kier alpha value is -5.63. The highest BCUT2D eigenvalue weighted by molar-refractivity contribution is 7.86. The predicted octanol–water partition coefficient (Wildman–Crippen LogP) is 3.92. The van der Waals surface area contributed by atoms with Gasteiger partial charge in [0.25, 0.3) is 30.4 Å². The number of hydrogen-bond acceptors (Lipinski definition) is 12. The van der Waals surface area contributed by atoms with Crippen LogP contribution in [0.3, 0.4) is 0 Å². The Balaban J connectivity index is 1.22. The fourth-order valence-electron chi connectivity index (χ4n) is 5.18. The second-order valence-corrected chi connectivity index (χ2v) is 14.9. The molecule has 0 fully saturated rings. The van der Waals surface area contributed by atoms with Crippen molar-refractivity contribution in [2.75, 3.05) is 10.9 Å². The number of anilines is 2. The highest BCUT2D eigenvalue weighted by Gasteiger charge is 2.31. The van der Waals surface area contributed by atoms with Gasteiger partial charge in [-0.3, -0.25) is 34.1 Å². The van der Waals surface area contributed by atoms with E-state index in [1.807, 2.05) is 0 Å². The molecule has 4 aromatic rings. The SMILES string of the molecule is O=C1C=Cc2cccc(S(=O)(=O)O)c2/C1=N/Nc1ccc(-c2ccc(N/N=C3\C(=O)C=Cc4cc(S(=O)(=O)O)cc(S(=O)(=O)O)c43)cc2)cc1. The molecular formula is C32H22N4O11S3. The molecule has 0 spiro atoms. The van der Waals surface area contributed by atoms with Gasteiger partial charge in [-0.05, 0) is 76.9 Å². The van der Waals surface area contributed by atoms with Gasteiger partial charge < -0.3 is 0 Å². The molecule has 4 aromatic carbocycles. The molecule has 0 saturated carbocycles. The van der Waals surface area contributed by atoms with Crippen molar-refractivity contribution in [1.29, 1.82) is 0 Å². The summed E-state index contributed by atoms with van der Waals surface area (Å²) in [6, 6.07) is 19.1. The topological polar surface area (TPSA) is 246 Å². The first-order chi connectivity index (χ1) is 23.5. The van der Waals surface area contributed by atoms with Crippen LogP contribution in [0.5, 0.6) is 0 Å². The molecule has 0 heterocycles. The molecule has 0 saturated heterocycles. The molecule has 0 unspecified atom stereocenters. The summed E-state index contributed by atoms with van der Waals surface area (Å²) >= 11 is 0. The van der Waals surface area contributed by atoms with Crippen LogP contribution in [0.2, 0.25) is 0 Å². The Labute approximate surface area is 284 Å². The van der Waals surface area contributed by atoms with Crippen molar-refractivity contribution in [3.8, 4) is 11.1 Å². The fourth-order valence-corrected chi connectivity index (χ4v) is 7.26. The van der Waals surface area contributed by atoms with Gasteiger partial charge >= 0.3 is 0 Å². The summed E-state index contributed by atoms with van der Waals surface area (Å²) in [4.78, 5) is 23.1. The van der Waals surface area contributed by atoms with Crippen molar-refractivity contribution in [2.45, 2.75) is 14.7 Å². The summed E-state index contributed by atoms with van der Waals surface area (Å²) < 4.78 is 100. The van der Waals surface area contributed by atoms with Gasteiger partial charge in [0.2, 0.25) is 11.6 Å². The summed E-state index contributed by atoms with van der Waals surface area (Å²) in [5, 5.41) is 8.17. The van der Waals surface area contributed by atoms with E-state index in [0.717, 1.165) is 29.3 Å². The lowest BCUT2D eigenvalue weighted by Crippen LogP contribution is -2.23. The molecule has 2 aliphatic carbocycles. The van der Waals surface area contributed by atoms with Gasteiger partial charge in [0.05, 0.1) is 16.3 Å². The van der Waals surface area contributed by atoms with Gasteiger partial charge in [0.15, 0.2) is 0 Å². The third-order valence-electron chi connectivity index (χ3n) is 7.48. The van der Waals surface area contributed by atoms with E-state index in [4.69, 9.17) is 0 Å². The van der Waals surface area contributed by atoms with Gasteiger partial charge in [-0.1, -0.05) is 48.6 Å². The van der Waals surface area contributed by atoms with E-state index < -0.39 is 62.3 Å². The zero-order chi connectivity index (χ0) is 36.0. The van der Waals surface area contributed by atoms with Crippen molar-refractivity contribution < 1.29 is 48.5 Å². The minimum Gasteiger partial charge on any atom is -0.287 e. The second kappa shape index (κ2) is 12.7. The molecule has 5 N–H and O–H groups in total. The summed E-state index contributed by atoms with van der Waals surface area (Å²) in [6.45, 7) is 0. The summed E-state index contributed by atoms with van der Waals surface area (Å²) in [7, 11) is -14.6. The van der Waals surface area contributed by atoms with Crippen molar-refractivity contribution in [1.82, 2.24) is 0 Å². The van der Waals surface area contributed by atoms with Crippen LogP contribution >= 0.6 is 0 Å². The highest BCUT2D eigenvalue weighted by atomic mass is 32.2. The Morgan fingerprint density at radius 3 is 1.42 bits per heavy atom. The normalized spacial score (nSPS) is 16.0. The number of carbonyl (C=O) groups is 2. The molecule has 2 aliphatic rings. The molecule has 0 amide bonds. The van der Waals surface area contributed by atoms with Crippen molar-refractivity contribution in [2.24, 2.45) is 10.2 Å². The van der Waals surface area contributed by atoms with E-state index in [-0.39, 0.29) is 22.4 Å². The monoisotopic (exact) mass is 734 g/mol. The minimum atomic E-state index is -5.07. The minimum absolute atomic E-state index is 0.0239. The smallest absolute Gasteiger partial charge is 0.287 e. The van der Waals surface area contributed by atoms with Gasteiger partial charge in [-0.25, -0.2) is 0 Å². The van der Waals surface area contributed by atoms with Crippen LogP contribution in [0.4, 0.5) is 11.4 Å². The number of carbonyl (C=O) groups excluding carboxylic acids is 2. The van der Waals surface area contributed by atoms with Crippen LogP contribution in [0.25, 0.3) is 23.3 Å². The molecular weight excluding hydrogens is 713 g/mol. The first kappa shape index (κ1) is 34.2. The molecule has 18 heteroatoms. The molecule has 6 rings (SSSR count). The molecule has 0 radical (unpaired) electrons. The number of ketones is 2. The summed E-state index contributed by atoms with van der Waals surface area (Å²) in [5.41, 5.74) is 7.00. The van der Waals surface area contributed by atoms with Crippen molar-refractivity contribution in [3.63, 3.8) is 0 Å². The molecule has 0 aliphatic heterocycles. The average molecular weight is 735 g/mol. The average Bonchev–Trinajstić information content (AvgIpc) is 3.06. The fraction of sp³-hybridized carbons (Fsp3) is 0. The lowest BCUT2D eigenvalue weighted by Gasteiger charge is -2.17. The number of rotatable bonds is 8. The van der Waals surface area contributed by atoms with Crippen LogP contribution in [-0.4, -0.2) is 61.9 Å². The van der Waals surface area contributed by atoms with Crippen molar-refractivity contribution in [3.05, 3.63) is 113 Å². The number of nitrogens with zero attached hydrogens (tertiary/aromatic N) is 2. The maximum absolute atomic E-state index is 12.7. The predicted molar refractivity (Wildman–Crippen MR) is 183 cm³/mol. The zero-order valence-corrected chi connectivity index (χ0v) is 27.5. The number of allylic oxidation sites excluding steroid dienone is 2. The largest absolute Gasteiger partial charge is 0.295 e. The molecule has 50 heavy (non-hydrogen) atoms. The van der Waals surface area contributed by atoms with Crippen LogP contribution in [0.1, 0.15) is 22.3 Å². The van der Waals surface area contributed by atoms with Gasteiger partial charge in [-0.15, -0.1) is 0 Å². The summed E-state index contributed by atoms with van der Waals surface area (Å²) in [6.07, 6.45) is 4.84. The lowest BCUT2D eigenvalue weighted by atomic mass is 9.94. The van der Waals surface area contributed by atoms with Crippen molar-refractivity contribution >= 4 is 76.9 Å². The maximum Gasteiger partial charge on any atom is 0.295 e. The number of fused-ring (bicyclic) bond motifs is 2. The van der Waals surface area contributed by atoms with E-state index in [1.165, 1.54) is 24.3 Å². The number of hydrazone groups is 2. The highest BCUT2D eigenvalue weighted by Crippen LogP contribution is 2.31. The number of hydrogen-bond donors (Lipinski definition) is 5. The Morgan fingerprint density at radius 1 is 0.500 bits per heavy atom. The van der Waals surface area contributed by atoms with E-state index >= 15 is 0 Å². The summed E-state index contributed by atoms with van der Waals surface area (Å²) in [5.74, 6) is -1.30. The Morgan fingerprint density at radius 2 is 0.960 bits per heavy atom. The van der Waals surface area contributed by atoms with E-state index in [9.17, 15) is 48.5 Å². The second-order valence-electron chi connectivity index (χ2n) is 10.7. The molecule has 15 nitrogen and oxygen atoms in total. The quantitative estimate of drug-likeness (QED) is 0.127. The van der Waals surface area contributed by atoms with Gasteiger partial charge in [-0.2, -0.15) is 35.5 Å². The molecule has 0 aromatic heterocycles. The maximum atomic E-state index is 12.7. The van der Waals surface area contributed by atoms with Crippen LogP contribution in [0, 0.1) is 0 Å². The first-order valence-electron chi connectivity index (χ1n) is 14.1. The zero-order valence-electron chi connectivity index (χ0n) is 25.0. The van der Waals surface area contributed by atoms with Gasteiger partial charge in [0.1, 0.15) is 21.2 Å². The van der Waals surface area contributed by atoms with Gasteiger partial charge in [0, 0.05) is 11.1 Å².